The first-order valence-corrected chi connectivity index (χ1v) is 35.3. The number of amides is 1. The van der Waals surface area contributed by atoms with E-state index in [0.29, 0.717) is 19.4 Å². The highest BCUT2D eigenvalue weighted by molar-refractivity contribution is 5.76. The first-order chi connectivity index (χ1) is 38.5. The maximum Gasteiger partial charge on any atom is 0.305 e. The van der Waals surface area contributed by atoms with Gasteiger partial charge in [-0.05, 0) is 83.5 Å². The van der Waals surface area contributed by atoms with Crippen LogP contribution in [0.2, 0.25) is 0 Å². The number of ether oxygens (including phenoxy) is 1. The van der Waals surface area contributed by atoms with Gasteiger partial charge in [0.15, 0.2) is 0 Å². The summed E-state index contributed by atoms with van der Waals surface area (Å²) in [5, 5.41) is 23.3. The van der Waals surface area contributed by atoms with Crippen molar-refractivity contribution >= 4 is 11.9 Å². The molecule has 0 fully saturated rings. The third-order valence-corrected chi connectivity index (χ3v) is 16.4. The van der Waals surface area contributed by atoms with Gasteiger partial charge >= 0.3 is 5.97 Å². The van der Waals surface area contributed by atoms with Crippen LogP contribution < -0.4 is 5.32 Å². The van der Waals surface area contributed by atoms with Crippen molar-refractivity contribution in [1.29, 1.82) is 0 Å². The summed E-state index contributed by atoms with van der Waals surface area (Å²) in [5.74, 6) is -0.0698. The maximum absolute atomic E-state index is 12.5. The molecule has 0 rings (SSSR count). The number of unbranched alkanes of at least 4 members (excludes halogenated alkanes) is 51. The van der Waals surface area contributed by atoms with E-state index >= 15 is 0 Å². The topological polar surface area (TPSA) is 95.9 Å². The van der Waals surface area contributed by atoms with Crippen molar-refractivity contribution in [3.8, 4) is 0 Å². The van der Waals surface area contributed by atoms with Gasteiger partial charge in [-0.15, -0.1) is 0 Å². The van der Waals surface area contributed by atoms with E-state index in [-0.39, 0.29) is 18.5 Å². The highest BCUT2D eigenvalue weighted by Crippen LogP contribution is 2.18. The van der Waals surface area contributed by atoms with Crippen LogP contribution in [0, 0.1) is 0 Å². The Hall–Kier alpha value is -1.92. The van der Waals surface area contributed by atoms with E-state index in [1.54, 1.807) is 6.08 Å². The molecule has 0 aromatic carbocycles. The number of aliphatic hydroxyl groups excluding tert-OH is 2. The number of carbonyl (C=O) groups excluding carboxylic acids is 2. The Labute approximate surface area is 487 Å². The van der Waals surface area contributed by atoms with E-state index in [2.05, 4.69) is 43.5 Å². The van der Waals surface area contributed by atoms with Crippen molar-refractivity contribution in [2.24, 2.45) is 0 Å². The lowest BCUT2D eigenvalue weighted by molar-refractivity contribution is -0.143. The molecule has 1 amide bonds. The zero-order valence-corrected chi connectivity index (χ0v) is 52.7. The second-order valence-corrected chi connectivity index (χ2v) is 24.2. The average Bonchev–Trinajstić information content (AvgIpc) is 3.44. The highest BCUT2D eigenvalue weighted by atomic mass is 16.5. The Bertz CT molecular complexity index is 1260. The Balaban J connectivity index is 3.45. The molecule has 0 radical (unpaired) electrons. The molecule has 3 N–H and O–H groups in total. The number of hydrogen-bond acceptors (Lipinski definition) is 5. The number of nitrogens with one attached hydrogen (secondary N) is 1. The van der Waals surface area contributed by atoms with E-state index in [1.165, 1.54) is 308 Å². The first kappa shape index (κ1) is 76.1. The second-order valence-electron chi connectivity index (χ2n) is 24.2. The van der Waals surface area contributed by atoms with Gasteiger partial charge in [-0.3, -0.25) is 9.59 Å². The van der Waals surface area contributed by atoms with Gasteiger partial charge in [-0.25, -0.2) is 0 Å². The van der Waals surface area contributed by atoms with Crippen LogP contribution in [0.15, 0.2) is 36.5 Å². The van der Waals surface area contributed by atoms with Gasteiger partial charge in [0, 0.05) is 12.8 Å². The summed E-state index contributed by atoms with van der Waals surface area (Å²) < 4.78 is 5.50. The van der Waals surface area contributed by atoms with Crippen molar-refractivity contribution in [1.82, 2.24) is 5.32 Å². The molecule has 78 heavy (non-hydrogen) atoms. The van der Waals surface area contributed by atoms with Crippen LogP contribution in [0.25, 0.3) is 0 Å². The summed E-state index contributed by atoms with van der Waals surface area (Å²) in [6, 6.07) is -0.636. The number of aliphatic hydroxyl groups is 2. The zero-order valence-electron chi connectivity index (χ0n) is 52.7. The molecule has 6 nitrogen and oxygen atoms in total. The second kappa shape index (κ2) is 67.6. The average molecular weight is 1100 g/mol. The number of hydrogen-bond donors (Lipinski definition) is 3. The van der Waals surface area contributed by atoms with Crippen LogP contribution in [0.5, 0.6) is 0 Å². The number of allylic oxidation sites excluding steroid dienone is 5. The molecule has 0 aliphatic carbocycles. The van der Waals surface area contributed by atoms with E-state index in [9.17, 15) is 19.8 Å². The third kappa shape index (κ3) is 63.3. The molecule has 0 heterocycles. The van der Waals surface area contributed by atoms with Gasteiger partial charge in [0.05, 0.1) is 25.4 Å². The molecule has 0 bridgehead atoms. The Morgan fingerprint density at radius 3 is 0.910 bits per heavy atom. The SMILES string of the molecule is CCCCCCCCC/C=C\CCCCCCCCCC(=O)OCCCCCCCCCCC/C=C\CCCCCCCCCC(=O)NC(CO)C(O)/C=C/CCCCCCCCCCCCCCCCCCCCCCC. The number of rotatable bonds is 66. The van der Waals surface area contributed by atoms with Gasteiger partial charge in [-0.2, -0.15) is 0 Å². The minimum absolute atomic E-state index is 0.00332. The van der Waals surface area contributed by atoms with E-state index < -0.39 is 12.1 Å². The summed E-state index contributed by atoms with van der Waals surface area (Å²) in [5.41, 5.74) is 0. The monoisotopic (exact) mass is 1100 g/mol. The summed E-state index contributed by atoms with van der Waals surface area (Å²) in [7, 11) is 0. The fourth-order valence-electron chi connectivity index (χ4n) is 11.0. The summed E-state index contributed by atoms with van der Waals surface area (Å²) in [6.07, 6.45) is 86.4. The molecular weight excluding hydrogens is 959 g/mol. The minimum Gasteiger partial charge on any atom is -0.466 e. The van der Waals surface area contributed by atoms with Gasteiger partial charge in [0.1, 0.15) is 0 Å². The highest BCUT2D eigenvalue weighted by Gasteiger charge is 2.18. The van der Waals surface area contributed by atoms with Gasteiger partial charge in [0.25, 0.3) is 0 Å². The Kier molecular flexibility index (Phi) is 65.9. The minimum atomic E-state index is -0.852. The van der Waals surface area contributed by atoms with Crippen LogP contribution in [0.1, 0.15) is 386 Å². The van der Waals surface area contributed by atoms with Crippen molar-refractivity contribution in [3.63, 3.8) is 0 Å². The summed E-state index contributed by atoms with van der Waals surface area (Å²) >= 11 is 0. The smallest absolute Gasteiger partial charge is 0.305 e. The lowest BCUT2D eigenvalue weighted by atomic mass is 10.0. The Morgan fingerprint density at radius 2 is 0.603 bits per heavy atom. The van der Waals surface area contributed by atoms with Gasteiger partial charge in [-0.1, -0.05) is 326 Å². The largest absolute Gasteiger partial charge is 0.466 e. The van der Waals surface area contributed by atoms with E-state index in [1.807, 2.05) is 6.08 Å². The molecule has 0 aromatic heterocycles. The first-order valence-electron chi connectivity index (χ1n) is 35.3. The summed E-state index contributed by atoms with van der Waals surface area (Å²) in [6.45, 7) is 4.92. The molecule has 2 unspecified atom stereocenters. The molecule has 2 atom stereocenters. The van der Waals surface area contributed by atoms with E-state index in [4.69, 9.17) is 4.74 Å². The molecule has 0 saturated heterocycles. The Morgan fingerprint density at radius 1 is 0.346 bits per heavy atom. The molecule has 0 aliphatic rings. The standard InChI is InChI=1S/C72H137NO5/c1-3-5-7-9-11-13-15-17-19-21-23-24-25-26-29-32-36-40-44-48-52-56-60-64-70(75)69(68-74)73-71(76)65-61-57-53-49-45-41-37-33-30-27-28-31-35-39-43-47-51-55-59-63-67-78-72(77)66-62-58-54-50-46-42-38-34-22-20-18-16-14-12-10-8-6-4-2/h20,22,27,30,60,64,69-70,74-75H,3-19,21,23-26,28-29,31-59,61-63,65-68H2,1-2H3,(H,73,76)/b22-20-,30-27-,64-60+. The van der Waals surface area contributed by atoms with Crippen LogP contribution in [-0.4, -0.2) is 47.4 Å². The molecule has 460 valence electrons. The van der Waals surface area contributed by atoms with Crippen LogP contribution in [0.3, 0.4) is 0 Å². The molecule has 0 aliphatic heterocycles. The maximum atomic E-state index is 12.5. The van der Waals surface area contributed by atoms with E-state index in [0.717, 1.165) is 51.4 Å². The quantitative estimate of drug-likeness (QED) is 0.0320. The fraction of sp³-hybridized carbons (Fsp3) is 0.889. The molecule has 0 aromatic rings. The molecule has 6 heteroatoms. The van der Waals surface area contributed by atoms with Crippen LogP contribution in [-0.2, 0) is 14.3 Å². The predicted molar refractivity (Wildman–Crippen MR) is 343 cm³/mol. The van der Waals surface area contributed by atoms with Crippen molar-refractivity contribution in [2.45, 2.75) is 398 Å². The van der Waals surface area contributed by atoms with Crippen molar-refractivity contribution < 1.29 is 24.5 Å². The van der Waals surface area contributed by atoms with Gasteiger partial charge in [0.2, 0.25) is 5.91 Å². The normalized spacial score (nSPS) is 12.7. The molecule has 0 spiro atoms. The summed E-state index contributed by atoms with van der Waals surface area (Å²) in [4.78, 5) is 24.6. The fourth-order valence-corrected chi connectivity index (χ4v) is 11.0. The predicted octanol–water partition coefficient (Wildman–Crippen LogP) is 22.7. The molecule has 0 saturated carbocycles. The molecular formula is C72H137NO5. The number of esters is 1. The lowest BCUT2D eigenvalue weighted by Crippen LogP contribution is -2.45. The van der Waals surface area contributed by atoms with Crippen molar-refractivity contribution in [2.75, 3.05) is 13.2 Å². The zero-order chi connectivity index (χ0) is 56.4. The third-order valence-electron chi connectivity index (χ3n) is 16.4. The number of carbonyl (C=O) groups is 2. The van der Waals surface area contributed by atoms with Crippen LogP contribution in [0.4, 0.5) is 0 Å². The van der Waals surface area contributed by atoms with Crippen LogP contribution >= 0.6 is 0 Å². The van der Waals surface area contributed by atoms with Crippen molar-refractivity contribution in [3.05, 3.63) is 36.5 Å². The lowest BCUT2D eigenvalue weighted by Gasteiger charge is -2.20. The van der Waals surface area contributed by atoms with Gasteiger partial charge < -0.3 is 20.3 Å².